The standard InChI is InChI=1S/C17H37N3O3.H2/c1-7-16(4)23-13-12-22-11-10-19(5)9-8-18-17(21)14-20(6)15(2)3;/h15-16H,7-14H2,1-6H3,(H,18,21);1H. The number of nitrogens with one attached hydrogen (secondary N) is 1. The predicted octanol–water partition coefficient (Wildman–Crippen LogP) is 1.45. The zero-order valence-corrected chi connectivity index (χ0v) is 15.9. The highest BCUT2D eigenvalue weighted by atomic mass is 16.5. The molecule has 0 heterocycles. The molecule has 0 aromatic rings. The Morgan fingerprint density at radius 1 is 1.13 bits per heavy atom. The molecule has 140 valence electrons. The molecular formula is C17H39N3O3. The largest absolute Gasteiger partial charge is 0.378 e. The lowest BCUT2D eigenvalue weighted by molar-refractivity contribution is -0.122. The topological polar surface area (TPSA) is 54.0 Å². The van der Waals surface area contributed by atoms with Gasteiger partial charge in [-0.3, -0.25) is 9.69 Å². The fourth-order valence-electron chi connectivity index (χ4n) is 1.71. The summed E-state index contributed by atoms with van der Waals surface area (Å²) in [6, 6.07) is 0.380. The second-order valence-corrected chi connectivity index (χ2v) is 6.36. The summed E-state index contributed by atoms with van der Waals surface area (Å²) in [4.78, 5) is 15.9. The Morgan fingerprint density at radius 2 is 1.83 bits per heavy atom. The van der Waals surface area contributed by atoms with Crippen LogP contribution in [0.15, 0.2) is 0 Å². The van der Waals surface area contributed by atoms with E-state index < -0.39 is 0 Å². The monoisotopic (exact) mass is 333 g/mol. The van der Waals surface area contributed by atoms with Crippen LogP contribution in [-0.4, -0.2) is 87.9 Å². The van der Waals surface area contributed by atoms with Crippen LogP contribution in [0, 0.1) is 0 Å². The smallest absolute Gasteiger partial charge is 0.234 e. The van der Waals surface area contributed by atoms with Gasteiger partial charge in [-0.15, -0.1) is 0 Å². The highest BCUT2D eigenvalue weighted by Gasteiger charge is 2.08. The normalized spacial score (nSPS) is 13.1. The van der Waals surface area contributed by atoms with Crippen LogP contribution in [0.25, 0.3) is 0 Å². The third-order valence-corrected chi connectivity index (χ3v) is 3.91. The Morgan fingerprint density at radius 3 is 2.43 bits per heavy atom. The third-order valence-electron chi connectivity index (χ3n) is 3.91. The molecule has 0 aliphatic heterocycles. The van der Waals surface area contributed by atoms with Gasteiger partial charge in [0, 0.05) is 27.1 Å². The summed E-state index contributed by atoms with van der Waals surface area (Å²) in [5, 5.41) is 2.95. The molecule has 0 rings (SSSR count). The molecule has 6 heteroatoms. The van der Waals surface area contributed by atoms with Crippen molar-refractivity contribution in [2.24, 2.45) is 0 Å². The Balaban J connectivity index is 0. The molecule has 1 atom stereocenters. The molecular weight excluding hydrogens is 294 g/mol. The first-order chi connectivity index (χ1) is 10.9. The minimum Gasteiger partial charge on any atom is -0.378 e. The van der Waals surface area contributed by atoms with Crippen LogP contribution < -0.4 is 5.32 Å². The lowest BCUT2D eigenvalue weighted by Crippen LogP contribution is -2.41. The van der Waals surface area contributed by atoms with Crippen LogP contribution in [-0.2, 0) is 14.3 Å². The summed E-state index contributed by atoms with van der Waals surface area (Å²) in [5.74, 6) is 0.0769. The van der Waals surface area contributed by atoms with Crippen LogP contribution in [0.5, 0.6) is 0 Å². The first-order valence-corrected chi connectivity index (χ1v) is 8.71. The Bertz CT molecular complexity index is 307. The molecule has 1 unspecified atom stereocenters. The number of amides is 1. The van der Waals surface area contributed by atoms with Crippen molar-refractivity contribution in [3.05, 3.63) is 0 Å². The highest BCUT2D eigenvalue weighted by Crippen LogP contribution is 1.95. The van der Waals surface area contributed by atoms with Crippen molar-refractivity contribution >= 4 is 5.91 Å². The van der Waals surface area contributed by atoms with Crippen LogP contribution in [0.3, 0.4) is 0 Å². The number of carbonyl (C=O) groups excluding carboxylic acids is 1. The third kappa shape index (κ3) is 13.4. The van der Waals surface area contributed by atoms with Crippen molar-refractivity contribution in [3.63, 3.8) is 0 Å². The SMILES string of the molecule is CCC(C)OCCOCCN(C)CCNC(=O)CN(C)C(C)C.[HH]. The van der Waals surface area contributed by atoms with E-state index in [0.717, 1.165) is 19.5 Å². The molecule has 0 radical (unpaired) electrons. The van der Waals surface area contributed by atoms with E-state index in [2.05, 4.69) is 37.9 Å². The minimum atomic E-state index is 0. The molecule has 1 amide bonds. The Kier molecular flexibility index (Phi) is 13.3. The van der Waals surface area contributed by atoms with Gasteiger partial charge in [0.15, 0.2) is 0 Å². The first kappa shape index (κ1) is 22.3. The van der Waals surface area contributed by atoms with Crippen LogP contribution in [0.2, 0.25) is 0 Å². The second kappa shape index (κ2) is 13.7. The van der Waals surface area contributed by atoms with Crippen molar-refractivity contribution in [1.82, 2.24) is 15.1 Å². The Labute approximate surface area is 144 Å². The summed E-state index contributed by atoms with van der Waals surface area (Å²) >= 11 is 0. The van der Waals surface area contributed by atoms with Crippen molar-refractivity contribution in [3.8, 4) is 0 Å². The van der Waals surface area contributed by atoms with Crippen LogP contribution >= 0.6 is 0 Å². The maximum Gasteiger partial charge on any atom is 0.234 e. The number of ether oxygens (including phenoxy) is 2. The molecule has 0 aromatic heterocycles. The van der Waals surface area contributed by atoms with Gasteiger partial charge in [-0.1, -0.05) is 6.92 Å². The van der Waals surface area contributed by atoms with Gasteiger partial charge in [0.1, 0.15) is 0 Å². The molecule has 1 N–H and O–H groups in total. The summed E-state index contributed by atoms with van der Waals surface area (Å²) in [6.45, 7) is 13.1. The van der Waals surface area contributed by atoms with E-state index in [-0.39, 0.29) is 7.33 Å². The van der Waals surface area contributed by atoms with Crippen molar-refractivity contribution < 1.29 is 15.7 Å². The molecule has 0 aliphatic rings. The number of rotatable bonds is 14. The molecule has 0 saturated heterocycles. The number of nitrogens with zero attached hydrogens (tertiary/aromatic N) is 2. The van der Waals surface area contributed by atoms with E-state index in [1.165, 1.54) is 0 Å². The lowest BCUT2D eigenvalue weighted by atomic mass is 10.3. The van der Waals surface area contributed by atoms with Gasteiger partial charge in [-0.05, 0) is 41.3 Å². The molecule has 0 fully saturated rings. The van der Waals surface area contributed by atoms with Gasteiger partial charge in [0.25, 0.3) is 0 Å². The number of hydrogen-bond donors (Lipinski definition) is 1. The maximum atomic E-state index is 11.7. The molecule has 0 saturated carbocycles. The minimum absolute atomic E-state index is 0. The van der Waals surface area contributed by atoms with E-state index >= 15 is 0 Å². The van der Waals surface area contributed by atoms with Gasteiger partial charge in [-0.2, -0.15) is 0 Å². The van der Waals surface area contributed by atoms with Gasteiger partial charge < -0.3 is 19.7 Å². The van der Waals surface area contributed by atoms with E-state index in [1.54, 1.807) is 0 Å². The summed E-state index contributed by atoms with van der Waals surface area (Å²) < 4.78 is 11.1. The van der Waals surface area contributed by atoms with Gasteiger partial charge >= 0.3 is 0 Å². The molecule has 23 heavy (non-hydrogen) atoms. The zero-order valence-electron chi connectivity index (χ0n) is 15.9. The first-order valence-electron chi connectivity index (χ1n) is 8.71. The zero-order chi connectivity index (χ0) is 17.7. The van der Waals surface area contributed by atoms with Crippen molar-refractivity contribution in [2.45, 2.75) is 46.3 Å². The summed E-state index contributed by atoms with van der Waals surface area (Å²) in [5.41, 5.74) is 0. The average Bonchev–Trinajstić information content (AvgIpc) is 2.50. The van der Waals surface area contributed by atoms with Crippen LogP contribution in [0.1, 0.15) is 35.5 Å². The van der Waals surface area contributed by atoms with E-state index in [9.17, 15) is 4.79 Å². The average molecular weight is 334 g/mol. The van der Waals surface area contributed by atoms with E-state index in [1.807, 2.05) is 19.0 Å². The molecule has 6 nitrogen and oxygen atoms in total. The highest BCUT2D eigenvalue weighted by molar-refractivity contribution is 5.77. The number of likely N-dealkylation sites (N-methyl/N-ethyl adjacent to an activating group) is 2. The van der Waals surface area contributed by atoms with E-state index in [0.29, 0.717) is 45.1 Å². The van der Waals surface area contributed by atoms with Crippen LogP contribution in [0.4, 0.5) is 0 Å². The van der Waals surface area contributed by atoms with Gasteiger partial charge in [0.05, 0.1) is 32.5 Å². The van der Waals surface area contributed by atoms with Gasteiger partial charge in [0.2, 0.25) is 5.91 Å². The van der Waals surface area contributed by atoms with Crippen molar-refractivity contribution in [2.75, 3.05) is 60.1 Å². The predicted molar refractivity (Wildman–Crippen MR) is 96.9 cm³/mol. The quantitative estimate of drug-likeness (QED) is 0.488. The summed E-state index contributed by atoms with van der Waals surface area (Å²) in [6.07, 6.45) is 1.33. The fraction of sp³-hybridized carbons (Fsp3) is 0.941. The maximum absolute atomic E-state index is 11.7. The number of carbonyl (C=O) groups is 1. The van der Waals surface area contributed by atoms with E-state index in [4.69, 9.17) is 9.47 Å². The van der Waals surface area contributed by atoms with Gasteiger partial charge in [-0.25, -0.2) is 0 Å². The lowest BCUT2D eigenvalue weighted by Gasteiger charge is -2.21. The molecule has 0 aromatic carbocycles. The van der Waals surface area contributed by atoms with Crippen molar-refractivity contribution in [1.29, 1.82) is 0 Å². The number of hydrogen-bond acceptors (Lipinski definition) is 5. The molecule has 0 spiro atoms. The fourth-order valence-corrected chi connectivity index (χ4v) is 1.71. The Hall–Kier alpha value is -0.690. The molecule has 0 aliphatic carbocycles. The molecule has 0 bridgehead atoms. The summed E-state index contributed by atoms with van der Waals surface area (Å²) in [7, 11) is 3.99. The second-order valence-electron chi connectivity index (χ2n) is 6.36.